The molecule has 1 aliphatic rings. The average molecular weight is 379 g/mol. The molecule has 0 aromatic heterocycles. The van der Waals surface area contributed by atoms with Crippen LogP contribution in [0.2, 0.25) is 0 Å². The maximum atomic E-state index is 12.2. The normalized spacial score (nSPS) is 15.6. The van der Waals surface area contributed by atoms with Gasteiger partial charge in [0.05, 0.1) is 6.61 Å². The summed E-state index contributed by atoms with van der Waals surface area (Å²) in [5, 5.41) is 2.92. The van der Waals surface area contributed by atoms with Crippen LogP contribution < -0.4 is 10.1 Å². The molecule has 0 atom stereocenters. The molecule has 4 nitrogen and oxygen atoms in total. The summed E-state index contributed by atoms with van der Waals surface area (Å²) in [5.74, 6) is 1.56. The Morgan fingerprint density at radius 2 is 1.79 bits per heavy atom. The molecule has 1 saturated heterocycles. The van der Waals surface area contributed by atoms with Crippen molar-refractivity contribution in [3.8, 4) is 5.75 Å². The minimum atomic E-state index is -0.133. The fourth-order valence-corrected chi connectivity index (χ4v) is 3.37. The van der Waals surface area contributed by atoms with Crippen molar-refractivity contribution in [2.75, 3.05) is 25.0 Å². The molecule has 1 heterocycles. The fourth-order valence-electron chi connectivity index (χ4n) is 3.37. The van der Waals surface area contributed by atoms with E-state index in [1.165, 1.54) is 31.5 Å². The van der Waals surface area contributed by atoms with Gasteiger partial charge in [0.25, 0.3) is 0 Å². The number of hydrogen-bond acceptors (Lipinski definition) is 3. The molecule has 28 heavy (non-hydrogen) atoms. The zero-order valence-electron chi connectivity index (χ0n) is 16.9. The van der Waals surface area contributed by atoms with Gasteiger partial charge in [0.2, 0.25) is 5.91 Å². The van der Waals surface area contributed by atoms with Gasteiger partial charge < -0.3 is 10.1 Å². The average Bonchev–Trinajstić information content (AvgIpc) is 2.71. The lowest BCUT2D eigenvalue weighted by atomic mass is 9.99. The van der Waals surface area contributed by atoms with Crippen LogP contribution in [-0.4, -0.2) is 30.5 Å². The molecule has 1 aliphatic heterocycles. The molecule has 0 bridgehead atoms. The summed E-state index contributed by atoms with van der Waals surface area (Å²) in [6.45, 7) is 8.27. The molecule has 0 aliphatic carbocycles. The Bertz CT molecular complexity index is 773. The number of rotatable bonds is 7. The van der Waals surface area contributed by atoms with Crippen molar-refractivity contribution in [2.45, 2.75) is 33.2 Å². The molecule has 1 amide bonds. The molecule has 0 spiro atoms. The first-order chi connectivity index (χ1) is 13.6. The van der Waals surface area contributed by atoms with E-state index in [9.17, 15) is 4.79 Å². The first kappa shape index (κ1) is 20.2. The third-order valence-corrected chi connectivity index (χ3v) is 5.12. The second-order valence-electron chi connectivity index (χ2n) is 7.48. The minimum Gasteiger partial charge on any atom is -0.494 e. The SMILES string of the molecule is CCOc1ccc(/C=C/C(=O)Nc2ccc(CN3CCC(C)CC3)cc2)cc1. The molecule has 0 unspecified atom stereocenters. The highest BCUT2D eigenvalue weighted by molar-refractivity contribution is 6.01. The van der Waals surface area contributed by atoms with Gasteiger partial charge in [-0.05, 0) is 80.2 Å². The summed E-state index contributed by atoms with van der Waals surface area (Å²) in [6.07, 6.45) is 5.93. The van der Waals surface area contributed by atoms with Crippen molar-refractivity contribution in [3.63, 3.8) is 0 Å². The van der Waals surface area contributed by atoms with E-state index in [4.69, 9.17) is 4.74 Å². The topological polar surface area (TPSA) is 41.6 Å². The number of carbonyl (C=O) groups excluding carboxylic acids is 1. The second kappa shape index (κ2) is 10.1. The molecule has 1 N–H and O–H groups in total. The number of likely N-dealkylation sites (tertiary alicyclic amines) is 1. The third kappa shape index (κ3) is 6.24. The number of amides is 1. The number of benzene rings is 2. The van der Waals surface area contributed by atoms with E-state index in [0.29, 0.717) is 6.61 Å². The smallest absolute Gasteiger partial charge is 0.248 e. The number of nitrogens with one attached hydrogen (secondary N) is 1. The molecular formula is C24H30N2O2. The third-order valence-electron chi connectivity index (χ3n) is 5.12. The van der Waals surface area contributed by atoms with Crippen molar-refractivity contribution in [3.05, 3.63) is 65.7 Å². The van der Waals surface area contributed by atoms with Crippen LogP contribution in [0, 0.1) is 5.92 Å². The summed E-state index contributed by atoms with van der Waals surface area (Å²) in [7, 11) is 0. The predicted octanol–water partition coefficient (Wildman–Crippen LogP) is 4.97. The monoisotopic (exact) mass is 378 g/mol. The van der Waals surface area contributed by atoms with Crippen LogP contribution in [0.3, 0.4) is 0 Å². The van der Waals surface area contributed by atoms with E-state index >= 15 is 0 Å². The molecule has 1 fully saturated rings. The van der Waals surface area contributed by atoms with Gasteiger partial charge in [-0.1, -0.05) is 31.2 Å². The van der Waals surface area contributed by atoms with E-state index in [1.54, 1.807) is 12.2 Å². The number of anilines is 1. The van der Waals surface area contributed by atoms with Crippen molar-refractivity contribution in [2.24, 2.45) is 5.92 Å². The van der Waals surface area contributed by atoms with Crippen molar-refractivity contribution in [1.29, 1.82) is 0 Å². The van der Waals surface area contributed by atoms with Gasteiger partial charge in [-0.2, -0.15) is 0 Å². The number of nitrogens with zero attached hydrogens (tertiary/aromatic N) is 1. The Balaban J connectivity index is 1.48. The largest absolute Gasteiger partial charge is 0.494 e. The van der Waals surface area contributed by atoms with Crippen molar-refractivity contribution >= 4 is 17.7 Å². The molecule has 4 heteroatoms. The van der Waals surface area contributed by atoms with Gasteiger partial charge in [0.15, 0.2) is 0 Å². The maximum Gasteiger partial charge on any atom is 0.248 e. The molecule has 0 radical (unpaired) electrons. The molecule has 2 aromatic rings. The van der Waals surface area contributed by atoms with Crippen molar-refractivity contribution < 1.29 is 9.53 Å². The quantitative estimate of drug-likeness (QED) is 0.692. The van der Waals surface area contributed by atoms with E-state index in [1.807, 2.05) is 43.3 Å². The van der Waals surface area contributed by atoms with Gasteiger partial charge in [0.1, 0.15) is 5.75 Å². The molecule has 148 valence electrons. The van der Waals surface area contributed by atoms with E-state index < -0.39 is 0 Å². The molecule has 0 saturated carbocycles. The summed E-state index contributed by atoms with van der Waals surface area (Å²) < 4.78 is 5.42. The Labute approximate surface area is 168 Å². The fraction of sp³-hybridized carbons (Fsp3) is 0.375. The van der Waals surface area contributed by atoms with Crippen LogP contribution in [-0.2, 0) is 11.3 Å². The molecular weight excluding hydrogens is 348 g/mol. The summed E-state index contributed by atoms with van der Waals surface area (Å²) in [6, 6.07) is 15.8. The minimum absolute atomic E-state index is 0.133. The zero-order chi connectivity index (χ0) is 19.8. The van der Waals surface area contributed by atoms with E-state index in [-0.39, 0.29) is 5.91 Å². The second-order valence-corrected chi connectivity index (χ2v) is 7.48. The highest BCUT2D eigenvalue weighted by Gasteiger charge is 2.15. The van der Waals surface area contributed by atoms with Gasteiger partial charge in [0, 0.05) is 18.3 Å². The summed E-state index contributed by atoms with van der Waals surface area (Å²) >= 11 is 0. The Hall–Kier alpha value is -2.59. The molecule has 3 rings (SSSR count). The highest BCUT2D eigenvalue weighted by atomic mass is 16.5. The maximum absolute atomic E-state index is 12.2. The Kier molecular flexibility index (Phi) is 7.26. The van der Waals surface area contributed by atoms with E-state index in [0.717, 1.165) is 29.5 Å². The van der Waals surface area contributed by atoms with Gasteiger partial charge in [-0.3, -0.25) is 9.69 Å². The van der Waals surface area contributed by atoms with Crippen LogP contribution >= 0.6 is 0 Å². The van der Waals surface area contributed by atoms with Crippen LogP contribution in [0.15, 0.2) is 54.6 Å². The summed E-state index contributed by atoms with van der Waals surface area (Å²) in [4.78, 5) is 14.7. The number of ether oxygens (including phenoxy) is 1. The zero-order valence-corrected chi connectivity index (χ0v) is 16.9. The van der Waals surface area contributed by atoms with Crippen LogP contribution in [0.5, 0.6) is 5.75 Å². The predicted molar refractivity (Wildman–Crippen MR) is 115 cm³/mol. The van der Waals surface area contributed by atoms with Crippen LogP contribution in [0.4, 0.5) is 5.69 Å². The van der Waals surface area contributed by atoms with Gasteiger partial charge in [-0.15, -0.1) is 0 Å². The Morgan fingerprint density at radius 3 is 2.43 bits per heavy atom. The summed E-state index contributed by atoms with van der Waals surface area (Å²) in [5.41, 5.74) is 3.07. The lowest BCUT2D eigenvalue weighted by Gasteiger charge is -2.30. The first-order valence-electron chi connectivity index (χ1n) is 10.2. The lowest BCUT2D eigenvalue weighted by Crippen LogP contribution is -2.32. The lowest BCUT2D eigenvalue weighted by molar-refractivity contribution is -0.111. The van der Waals surface area contributed by atoms with E-state index in [2.05, 4.69) is 29.3 Å². The molecule has 2 aromatic carbocycles. The number of piperidine rings is 1. The number of carbonyl (C=O) groups is 1. The number of hydrogen-bond donors (Lipinski definition) is 1. The van der Waals surface area contributed by atoms with Crippen molar-refractivity contribution in [1.82, 2.24) is 4.90 Å². The van der Waals surface area contributed by atoms with Gasteiger partial charge in [-0.25, -0.2) is 0 Å². The highest BCUT2D eigenvalue weighted by Crippen LogP contribution is 2.19. The van der Waals surface area contributed by atoms with Gasteiger partial charge >= 0.3 is 0 Å². The standard InChI is InChI=1S/C24H30N2O2/c1-3-28-23-11-6-20(7-12-23)8-13-24(27)25-22-9-4-21(5-10-22)18-26-16-14-19(2)15-17-26/h4-13,19H,3,14-18H2,1-2H3,(H,25,27)/b13-8+. The Morgan fingerprint density at radius 1 is 1.11 bits per heavy atom. The van der Waals surface area contributed by atoms with Crippen LogP contribution in [0.1, 0.15) is 37.8 Å². The van der Waals surface area contributed by atoms with Crippen LogP contribution in [0.25, 0.3) is 6.08 Å². The first-order valence-corrected chi connectivity index (χ1v) is 10.2.